The highest BCUT2D eigenvalue weighted by atomic mass is 16.7. The van der Waals surface area contributed by atoms with Gasteiger partial charge in [-0.1, -0.05) is 18.4 Å². The second-order valence-electron chi connectivity index (χ2n) is 4.23. The molecule has 0 saturated carbocycles. The van der Waals surface area contributed by atoms with Crippen LogP contribution in [-0.4, -0.2) is 31.1 Å². The normalized spacial score (nSPS) is 24.8. The van der Waals surface area contributed by atoms with Crippen molar-refractivity contribution in [2.24, 2.45) is 0 Å². The third-order valence-corrected chi connectivity index (χ3v) is 2.75. The summed E-state index contributed by atoms with van der Waals surface area (Å²) >= 11 is 0. The Kier molecular flexibility index (Phi) is 5.03. The first-order valence-electron chi connectivity index (χ1n) is 6.35. The van der Waals surface area contributed by atoms with Gasteiger partial charge >= 0.3 is 5.97 Å². The van der Waals surface area contributed by atoms with Crippen LogP contribution in [0.2, 0.25) is 0 Å². The molecule has 0 fully saturated rings. The van der Waals surface area contributed by atoms with Gasteiger partial charge in [0.1, 0.15) is 18.8 Å². The molecule has 2 aliphatic rings. The van der Waals surface area contributed by atoms with Crippen molar-refractivity contribution in [3.8, 4) is 23.7 Å². The Morgan fingerprint density at radius 3 is 2.21 bits per heavy atom. The molecule has 2 rings (SSSR count). The van der Waals surface area contributed by atoms with Gasteiger partial charge in [0.05, 0.1) is 0 Å². The molecule has 0 aromatic heterocycles. The molecule has 0 aromatic carbocycles. The van der Waals surface area contributed by atoms with E-state index in [1.165, 1.54) is 0 Å². The Balaban J connectivity index is 1.84. The van der Waals surface area contributed by atoms with E-state index in [9.17, 15) is 4.79 Å². The fraction of sp³-hybridized carbons (Fsp3) is 0.533. The molecule has 0 aromatic rings. The third kappa shape index (κ3) is 4.44. The summed E-state index contributed by atoms with van der Waals surface area (Å²) in [6, 6.07) is 0. The minimum absolute atomic E-state index is 0.0290. The van der Waals surface area contributed by atoms with Gasteiger partial charge in [-0.15, -0.1) is 11.8 Å². The SMILES string of the molecule is C=CC(=O)OCC(OC1C#CCC1)OC1C#CCC1. The van der Waals surface area contributed by atoms with E-state index >= 15 is 0 Å². The smallest absolute Gasteiger partial charge is 0.330 e. The van der Waals surface area contributed by atoms with Crippen molar-refractivity contribution in [2.75, 3.05) is 6.61 Å². The summed E-state index contributed by atoms with van der Waals surface area (Å²) in [7, 11) is 0. The summed E-state index contributed by atoms with van der Waals surface area (Å²) in [5, 5.41) is 0. The predicted molar refractivity (Wildman–Crippen MR) is 68.7 cm³/mol. The van der Waals surface area contributed by atoms with Gasteiger partial charge in [0.25, 0.3) is 0 Å². The average molecular weight is 260 g/mol. The Morgan fingerprint density at radius 2 is 1.79 bits per heavy atom. The van der Waals surface area contributed by atoms with Crippen LogP contribution in [0.3, 0.4) is 0 Å². The molecule has 0 radical (unpaired) electrons. The Labute approximate surface area is 113 Å². The minimum atomic E-state index is -0.626. The Hall–Kier alpha value is -1.75. The van der Waals surface area contributed by atoms with E-state index in [2.05, 4.69) is 30.3 Å². The maximum atomic E-state index is 11.1. The Morgan fingerprint density at radius 1 is 1.21 bits per heavy atom. The van der Waals surface area contributed by atoms with Crippen LogP contribution in [0, 0.1) is 23.7 Å². The zero-order chi connectivity index (χ0) is 13.5. The second kappa shape index (κ2) is 6.99. The van der Waals surface area contributed by atoms with Crippen molar-refractivity contribution in [3.05, 3.63) is 12.7 Å². The fourth-order valence-corrected chi connectivity index (χ4v) is 1.81. The van der Waals surface area contributed by atoms with E-state index in [0.717, 1.165) is 31.8 Å². The van der Waals surface area contributed by atoms with Gasteiger partial charge in [-0.05, 0) is 12.8 Å². The number of carbonyl (C=O) groups is 1. The molecule has 2 atom stereocenters. The molecule has 2 aliphatic carbocycles. The number of hydrogen-bond donors (Lipinski definition) is 0. The number of hydrogen-bond acceptors (Lipinski definition) is 4. The number of rotatable bonds is 7. The zero-order valence-electron chi connectivity index (χ0n) is 10.7. The van der Waals surface area contributed by atoms with Gasteiger partial charge in [0.2, 0.25) is 0 Å². The van der Waals surface area contributed by atoms with Crippen LogP contribution in [-0.2, 0) is 19.0 Å². The molecule has 0 N–H and O–H groups in total. The fourth-order valence-electron chi connectivity index (χ4n) is 1.81. The van der Waals surface area contributed by atoms with E-state index in [0.29, 0.717) is 0 Å². The van der Waals surface area contributed by atoms with E-state index in [1.807, 2.05) is 0 Å². The van der Waals surface area contributed by atoms with Crippen molar-refractivity contribution < 1.29 is 19.0 Å². The lowest BCUT2D eigenvalue weighted by Gasteiger charge is -2.22. The minimum Gasteiger partial charge on any atom is -0.457 e. The monoisotopic (exact) mass is 260 g/mol. The molecule has 0 heterocycles. The topological polar surface area (TPSA) is 44.8 Å². The molecule has 100 valence electrons. The lowest BCUT2D eigenvalue weighted by Crippen LogP contribution is -2.31. The van der Waals surface area contributed by atoms with Gasteiger partial charge in [-0.25, -0.2) is 4.79 Å². The molecule has 0 bridgehead atoms. The van der Waals surface area contributed by atoms with Crippen molar-refractivity contribution in [1.82, 2.24) is 0 Å². The van der Waals surface area contributed by atoms with Crippen molar-refractivity contribution >= 4 is 5.97 Å². The number of ether oxygens (including phenoxy) is 3. The van der Waals surface area contributed by atoms with E-state index < -0.39 is 12.3 Å². The van der Waals surface area contributed by atoms with Crippen LogP contribution in [0.15, 0.2) is 12.7 Å². The molecular formula is C15H16O4. The molecule has 0 saturated heterocycles. The van der Waals surface area contributed by atoms with Crippen LogP contribution >= 0.6 is 0 Å². The van der Waals surface area contributed by atoms with E-state index in [4.69, 9.17) is 14.2 Å². The predicted octanol–water partition coefficient (Wildman–Crippen LogP) is 1.41. The molecule has 0 aliphatic heterocycles. The summed E-state index contributed by atoms with van der Waals surface area (Å²) in [4.78, 5) is 11.1. The van der Waals surface area contributed by atoms with Crippen molar-refractivity contribution in [1.29, 1.82) is 0 Å². The van der Waals surface area contributed by atoms with Gasteiger partial charge in [0.15, 0.2) is 6.29 Å². The van der Waals surface area contributed by atoms with Crippen LogP contribution in [0.1, 0.15) is 25.7 Å². The molecule has 4 nitrogen and oxygen atoms in total. The molecule has 0 amide bonds. The maximum absolute atomic E-state index is 11.1. The summed E-state index contributed by atoms with van der Waals surface area (Å²) in [6.07, 6.45) is 3.49. The van der Waals surface area contributed by atoms with Gasteiger partial charge < -0.3 is 14.2 Å². The molecule has 0 spiro atoms. The quantitative estimate of drug-likeness (QED) is 0.300. The number of esters is 1. The molecule has 19 heavy (non-hydrogen) atoms. The molecular weight excluding hydrogens is 244 g/mol. The zero-order valence-corrected chi connectivity index (χ0v) is 10.7. The summed E-state index contributed by atoms with van der Waals surface area (Å²) in [5.74, 6) is 11.4. The van der Waals surface area contributed by atoms with Crippen LogP contribution < -0.4 is 0 Å². The highest BCUT2D eigenvalue weighted by Gasteiger charge is 2.23. The Bertz CT molecular complexity index is 428. The third-order valence-electron chi connectivity index (χ3n) is 2.75. The van der Waals surface area contributed by atoms with Crippen LogP contribution in [0.4, 0.5) is 0 Å². The first kappa shape index (κ1) is 13.7. The summed E-state index contributed by atoms with van der Waals surface area (Å²) < 4.78 is 16.4. The standard InChI is InChI=1S/C15H16O4/c1-2-14(16)17-11-15(18-12-7-3-4-8-12)19-13-9-5-6-10-13/h2,12-13,15H,1,3,5,7,9,11H2. The lowest BCUT2D eigenvalue weighted by molar-refractivity contribution is -0.199. The highest BCUT2D eigenvalue weighted by molar-refractivity contribution is 5.81. The van der Waals surface area contributed by atoms with E-state index in [1.54, 1.807) is 0 Å². The van der Waals surface area contributed by atoms with Crippen molar-refractivity contribution in [2.45, 2.75) is 44.2 Å². The second-order valence-corrected chi connectivity index (χ2v) is 4.23. The summed E-state index contributed by atoms with van der Waals surface area (Å²) in [5.41, 5.74) is 0. The molecule has 2 unspecified atom stereocenters. The van der Waals surface area contributed by atoms with Gasteiger partial charge in [-0.2, -0.15) is 0 Å². The average Bonchev–Trinajstić information content (AvgIpc) is 3.08. The first-order chi connectivity index (χ1) is 9.28. The lowest BCUT2D eigenvalue weighted by atomic mass is 10.3. The first-order valence-corrected chi connectivity index (χ1v) is 6.35. The highest BCUT2D eigenvalue weighted by Crippen LogP contribution is 2.15. The maximum Gasteiger partial charge on any atom is 0.330 e. The largest absolute Gasteiger partial charge is 0.457 e. The van der Waals surface area contributed by atoms with Crippen molar-refractivity contribution in [3.63, 3.8) is 0 Å². The summed E-state index contributed by atoms with van der Waals surface area (Å²) in [6.45, 7) is 3.37. The number of carbonyl (C=O) groups excluding carboxylic acids is 1. The van der Waals surface area contributed by atoms with Gasteiger partial charge in [-0.3, -0.25) is 0 Å². The molecule has 4 heteroatoms. The van der Waals surface area contributed by atoms with Crippen LogP contribution in [0.5, 0.6) is 0 Å². The van der Waals surface area contributed by atoms with E-state index in [-0.39, 0.29) is 18.8 Å². The van der Waals surface area contributed by atoms with Gasteiger partial charge in [0, 0.05) is 18.9 Å². The van der Waals surface area contributed by atoms with Crippen LogP contribution in [0.25, 0.3) is 0 Å².